The Morgan fingerprint density at radius 2 is 1.90 bits per heavy atom. The summed E-state index contributed by atoms with van der Waals surface area (Å²) in [6, 6.07) is 14.5. The SMILES string of the molecule is Cc1ccc(F)c(C(=O)NC(c2ccccc2)C2CC2)c1. The Hall–Kier alpha value is -2.16. The van der Waals surface area contributed by atoms with E-state index in [0.717, 1.165) is 24.0 Å². The van der Waals surface area contributed by atoms with Gasteiger partial charge in [-0.3, -0.25) is 4.79 Å². The van der Waals surface area contributed by atoms with Crippen molar-refractivity contribution in [1.29, 1.82) is 0 Å². The van der Waals surface area contributed by atoms with Crippen molar-refractivity contribution in [2.24, 2.45) is 5.92 Å². The number of benzene rings is 2. The number of hydrogen-bond donors (Lipinski definition) is 1. The van der Waals surface area contributed by atoms with Gasteiger partial charge in [-0.05, 0) is 43.4 Å². The third kappa shape index (κ3) is 3.13. The predicted molar refractivity (Wildman–Crippen MR) is 80.5 cm³/mol. The quantitative estimate of drug-likeness (QED) is 0.902. The first-order valence-corrected chi connectivity index (χ1v) is 7.27. The molecule has 0 heterocycles. The lowest BCUT2D eigenvalue weighted by atomic mass is 10.0. The maximum atomic E-state index is 13.8. The fraction of sp³-hybridized carbons (Fsp3) is 0.278. The molecule has 0 saturated heterocycles. The number of halogens is 1. The molecular weight excluding hydrogens is 265 g/mol. The Kier molecular flexibility index (Phi) is 3.74. The molecule has 108 valence electrons. The van der Waals surface area contributed by atoms with Crippen LogP contribution < -0.4 is 5.32 Å². The smallest absolute Gasteiger partial charge is 0.254 e. The summed E-state index contributed by atoms with van der Waals surface area (Å²) < 4.78 is 13.8. The third-order valence-corrected chi connectivity index (χ3v) is 3.91. The normalized spacial score (nSPS) is 15.5. The molecule has 0 spiro atoms. The van der Waals surface area contributed by atoms with Crippen molar-refractivity contribution in [2.75, 3.05) is 0 Å². The van der Waals surface area contributed by atoms with Crippen molar-refractivity contribution in [3.63, 3.8) is 0 Å². The first-order chi connectivity index (χ1) is 10.1. The monoisotopic (exact) mass is 283 g/mol. The number of carbonyl (C=O) groups excluding carboxylic acids is 1. The molecule has 21 heavy (non-hydrogen) atoms. The van der Waals surface area contributed by atoms with Gasteiger partial charge in [0.1, 0.15) is 5.82 Å². The van der Waals surface area contributed by atoms with Crippen LogP contribution in [0, 0.1) is 18.7 Å². The summed E-state index contributed by atoms with van der Waals surface area (Å²) in [6.45, 7) is 1.85. The highest BCUT2D eigenvalue weighted by molar-refractivity contribution is 5.95. The Morgan fingerprint density at radius 3 is 2.57 bits per heavy atom. The first-order valence-electron chi connectivity index (χ1n) is 7.27. The molecule has 0 aromatic heterocycles. The highest BCUT2D eigenvalue weighted by atomic mass is 19.1. The van der Waals surface area contributed by atoms with Crippen molar-refractivity contribution in [1.82, 2.24) is 5.32 Å². The van der Waals surface area contributed by atoms with E-state index in [1.165, 1.54) is 6.07 Å². The van der Waals surface area contributed by atoms with Crippen LogP contribution in [0.1, 0.15) is 40.4 Å². The molecule has 1 saturated carbocycles. The number of amides is 1. The molecule has 0 bridgehead atoms. The van der Waals surface area contributed by atoms with Crippen LogP contribution >= 0.6 is 0 Å². The molecule has 3 rings (SSSR count). The topological polar surface area (TPSA) is 29.1 Å². The molecule has 2 aromatic rings. The zero-order chi connectivity index (χ0) is 14.8. The van der Waals surface area contributed by atoms with E-state index in [1.54, 1.807) is 12.1 Å². The average molecular weight is 283 g/mol. The first kappa shape index (κ1) is 13.8. The maximum absolute atomic E-state index is 13.8. The maximum Gasteiger partial charge on any atom is 0.254 e. The van der Waals surface area contributed by atoms with Crippen LogP contribution in [-0.4, -0.2) is 5.91 Å². The van der Waals surface area contributed by atoms with E-state index in [2.05, 4.69) is 5.32 Å². The second kappa shape index (κ2) is 5.68. The van der Waals surface area contributed by atoms with Gasteiger partial charge in [0.15, 0.2) is 0 Å². The van der Waals surface area contributed by atoms with Gasteiger partial charge in [-0.25, -0.2) is 4.39 Å². The van der Waals surface area contributed by atoms with E-state index >= 15 is 0 Å². The fourth-order valence-corrected chi connectivity index (χ4v) is 2.60. The van der Waals surface area contributed by atoms with Crippen LogP contribution in [0.2, 0.25) is 0 Å². The number of rotatable bonds is 4. The van der Waals surface area contributed by atoms with Crippen molar-refractivity contribution in [3.8, 4) is 0 Å². The Labute approximate surface area is 124 Å². The van der Waals surface area contributed by atoms with Crippen molar-refractivity contribution < 1.29 is 9.18 Å². The lowest BCUT2D eigenvalue weighted by Crippen LogP contribution is -2.30. The van der Waals surface area contributed by atoms with Crippen LogP contribution in [0.25, 0.3) is 0 Å². The average Bonchev–Trinajstić information content (AvgIpc) is 3.32. The molecule has 3 heteroatoms. The number of nitrogens with one attached hydrogen (secondary N) is 1. The zero-order valence-electron chi connectivity index (χ0n) is 12.0. The predicted octanol–water partition coefficient (Wildman–Crippen LogP) is 4.02. The number of aryl methyl sites for hydroxylation is 1. The summed E-state index contributed by atoms with van der Waals surface area (Å²) in [7, 11) is 0. The highest BCUT2D eigenvalue weighted by Gasteiger charge is 2.33. The molecule has 1 unspecified atom stereocenters. The molecular formula is C18H18FNO. The minimum absolute atomic E-state index is 0.0291. The van der Waals surface area contributed by atoms with Gasteiger partial charge in [-0.1, -0.05) is 42.0 Å². The summed E-state index contributed by atoms with van der Waals surface area (Å²) in [4.78, 5) is 12.4. The lowest BCUT2D eigenvalue weighted by Gasteiger charge is -2.19. The summed E-state index contributed by atoms with van der Waals surface area (Å²) in [5, 5.41) is 3.00. The number of hydrogen-bond acceptors (Lipinski definition) is 1. The second-order valence-corrected chi connectivity index (χ2v) is 5.68. The van der Waals surface area contributed by atoms with E-state index < -0.39 is 5.82 Å². The van der Waals surface area contributed by atoms with E-state index in [0.29, 0.717) is 5.92 Å². The molecule has 2 aromatic carbocycles. The van der Waals surface area contributed by atoms with Crippen molar-refractivity contribution in [2.45, 2.75) is 25.8 Å². The van der Waals surface area contributed by atoms with E-state index in [1.807, 2.05) is 37.3 Å². The van der Waals surface area contributed by atoms with Gasteiger partial charge in [-0.2, -0.15) is 0 Å². The van der Waals surface area contributed by atoms with E-state index in [9.17, 15) is 9.18 Å². The fourth-order valence-electron chi connectivity index (χ4n) is 2.60. The van der Waals surface area contributed by atoms with Gasteiger partial charge in [0, 0.05) is 0 Å². The molecule has 1 fully saturated rings. The van der Waals surface area contributed by atoms with Gasteiger partial charge >= 0.3 is 0 Å². The molecule has 1 amide bonds. The summed E-state index contributed by atoms with van der Waals surface area (Å²) in [5.41, 5.74) is 2.09. The van der Waals surface area contributed by atoms with Crippen LogP contribution in [0.3, 0.4) is 0 Å². The third-order valence-electron chi connectivity index (χ3n) is 3.91. The molecule has 0 radical (unpaired) electrons. The van der Waals surface area contributed by atoms with Crippen molar-refractivity contribution >= 4 is 5.91 Å². The van der Waals surface area contributed by atoms with Gasteiger partial charge < -0.3 is 5.32 Å². The molecule has 1 aliphatic rings. The minimum atomic E-state index is -0.472. The molecule has 1 atom stereocenters. The Morgan fingerprint density at radius 1 is 1.19 bits per heavy atom. The van der Waals surface area contributed by atoms with Gasteiger partial charge in [-0.15, -0.1) is 0 Å². The van der Waals surface area contributed by atoms with Crippen molar-refractivity contribution in [3.05, 3.63) is 71.0 Å². The number of carbonyl (C=O) groups is 1. The summed E-state index contributed by atoms with van der Waals surface area (Å²) in [6.07, 6.45) is 2.21. The Bertz CT molecular complexity index is 650. The van der Waals surface area contributed by atoms with Gasteiger partial charge in [0.2, 0.25) is 0 Å². The lowest BCUT2D eigenvalue weighted by molar-refractivity contribution is 0.0927. The summed E-state index contributed by atoms with van der Waals surface area (Å²) in [5.74, 6) is -0.345. The standard InChI is InChI=1S/C18H18FNO/c1-12-7-10-16(19)15(11-12)18(21)20-17(14-8-9-14)13-5-3-2-4-6-13/h2-7,10-11,14,17H,8-9H2,1H3,(H,20,21). The molecule has 1 aliphatic carbocycles. The van der Waals surface area contributed by atoms with Crippen LogP contribution in [0.15, 0.2) is 48.5 Å². The van der Waals surface area contributed by atoms with Crippen LogP contribution in [0.5, 0.6) is 0 Å². The largest absolute Gasteiger partial charge is 0.345 e. The van der Waals surface area contributed by atoms with Gasteiger partial charge in [0.05, 0.1) is 11.6 Å². The molecule has 2 nitrogen and oxygen atoms in total. The van der Waals surface area contributed by atoms with Crippen LogP contribution in [-0.2, 0) is 0 Å². The van der Waals surface area contributed by atoms with E-state index in [4.69, 9.17) is 0 Å². The molecule has 1 N–H and O–H groups in total. The Balaban J connectivity index is 1.83. The van der Waals surface area contributed by atoms with Gasteiger partial charge in [0.25, 0.3) is 5.91 Å². The highest BCUT2D eigenvalue weighted by Crippen LogP contribution is 2.41. The minimum Gasteiger partial charge on any atom is -0.345 e. The zero-order valence-corrected chi connectivity index (χ0v) is 12.0. The molecule has 0 aliphatic heterocycles. The summed E-state index contributed by atoms with van der Waals surface area (Å²) >= 11 is 0. The second-order valence-electron chi connectivity index (χ2n) is 5.68. The van der Waals surface area contributed by atoms with E-state index in [-0.39, 0.29) is 17.5 Å². The van der Waals surface area contributed by atoms with Crippen LogP contribution in [0.4, 0.5) is 4.39 Å².